The van der Waals surface area contributed by atoms with Gasteiger partial charge in [-0.3, -0.25) is 0 Å². The fraction of sp³-hybridized carbons (Fsp3) is 0.417. The molecule has 15 heavy (non-hydrogen) atoms. The van der Waals surface area contributed by atoms with Crippen molar-refractivity contribution in [1.29, 1.82) is 0 Å². The van der Waals surface area contributed by atoms with Gasteiger partial charge >= 0.3 is 0 Å². The molecule has 3 rings (SSSR count). The Hall–Kier alpha value is -0.830. The normalized spacial score (nSPS) is 16.1. The number of aromatic nitrogens is 2. The molecule has 0 unspecified atom stereocenters. The van der Waals surface area contributed by atoms with Crippen LogP contribution in [0.3, 0.4) is 0 Å². The molecule has 2 nitrogen and oxygen atoms in total. The van der Waals surface area contributed by atoms with Gasteiger partial charge in [-0.25, -0.2) is 4.98 Å². The van der Waals surface area contributed by atoms with E-state index in [9.17, 15) is 0 Å². The second kappa shape index (κ2) is 3.34. The molecule has 1 aliphatic carbocycles. The summed E-state index contributed by atoms with van der Waals surface area (Å²) >= 11 is 3.54. The molecule has 1 saturated carbocycles. The van der Waals surface area contributed by atoms with Crippen LogP contribution in [0.25, 0.3) is 11.0 Å². The average Bonchev–Trinajstić information content (AvgIpc) is 2.89. The Morgan fingerprint density at radius 3 is 3.00 bits per heavy atom. The number of aryl methyl sites for hydroxylation is 1. The number of hydrogen-bond acceptors (Lipinski definition) is 1. The zero-order chi connectivity index (χ0) is 10.4. The lowest BCUT2D eigenvalue weighted by molar-refractivity contribution is 0.642. The minimum atomic E-state index is 0.890. The molecule has 1 aromatic carbocycles. The third-order valence-corrected chi connectivity index (χ3v) is 3.49. The molecule has 0 atom stereocenters. The van der Waals surface area contributed by atoms with Gasteiger partial charge in [-0.2, -0.15) is 0 Å². The van der Waals surface area contributed by atoms with Crippen LogP contribution in [0.4, 0.5) is 0 Å². The van der Waals surface area contributed by atoms with E-state index in [1.54, 1.807) is 0 Å². The minimum absolute atomic E-state index is 0.890. The van der Waals surface area contributed by atoms with E-state index in [2.05, 4.69) is 44.5 Å². The van der Waals surface area contributed by atoms with E-state index in [4.69, 9.17) is 0 Å². The zero-order valence-corrected chi connectivity index (χ0v) is 10.3. The number of fused-ring (bicyclic) bond motifs is 1. The maximum atomic E-state index is 4.48. The predicted molar refractivity (Wildman–Crippen MR) is 64.9 cm³/mol. The smallest absolute Gasteiger partial charge is 0.0958 e. The van der Waals surface area contributed by atoms with Crippen molar-refractivity contribution in [3.05, 3.63) is 28.5 Å². The first kappa shape index (κ1) is 9.40. The second-order valence-electron chi connectivity index (χ2n) is 4.43. The summed E-state index contributed by atoms with van der Waals surface area (Å²) in [7, 11) is 0. The van der Waals surface area contributed by atoms with E-state index in [1.807, 2.05) is 6.33 Å². The number of nitrogens with zero attached hydrogens (tertiary/aromatic N) is 2. The molecule has 1 fully saturated rings. The third kappa shape index (κ3) is 1.69. The van der Waals surface area contributed by atoms with Gasteiger partial charge in [0.05, 0.1) is 17.4 Å². The summed E-state index contributed by atoms with van der Waals surface area (Å²) in [4.78, 5) is 4.48. The number of hydrogen-bond donors (Lipinski definition) is 0. The van der Waals surface area contributed by atoms with Crippen LogP contribution >= 0.6 is 15.9 Å². The van der Waals surface area contributed by atoms with Crippen molar-refractivity contribution in [1.82, 2.24) is 9.55 Å². The van der Waals surface area contributed by atoms with Gasteiger partial charge < -0.3 is 4.57 Å². The van der Waals surface area contributed by atoms with E-state index in [-0.39, 0.29) is 0 Å². The molecular formula is C12H13BrN2. The van der Waals surface area contributed by atoms with Crippen molar-refractivity contribution >= 4 is 27.0 Å². The number of benzene rings is 1. The second-order valence-corrected chi connectivity index (χ2v) is 5.35. The van der Waals surface area contributed by atoms with Crippen molar-refractivity contribution in [2.45, 2.75) is 26.3 Å². The number of imidazole rings is 1. The summed E-state index contributed by atoms with van der Waals surface area (Å²) in [5.41, 5.74) is 3.64. The predicted octanol–water partition coefficient (Wildman–Crippen LogP) is 3.52. The minimum Gasteiger partial charge on any atom is -0.330 e. The highest BCUT2D eigenvalue weighted by atomic mass is 79.9. The molecule has 0 bridgehead atoms. The first-order valence-electron chi connectivity index (χ1n) is 5.35. The van der Waals surface area contributed by atoms with Gasteiger partial charge in [0.25, 0.3) is 0 Å². The Kier molecular flexibility index (Phi) is 2.09. The lowest BCUT2D eigenvalue weighted by atomic mass is 10.2. The fourth-order valence-electron chi connectivity index (χ4n) is 2.02. The monoisotopic (exact) mass is 264 g/mol. The van der Waals surface area contributed by atoms with Crippen LogP contribution < -0.4 is 0 Å². The molecule has 0 aliphatic heterocycles. The highest BCUT2D eigenvalue weighted by Crippen LogP contribution is 2.32. The Labute approximate surface area is 97.4 Å². The summed E-state index contributed by atoms with van der Waals surface area (Å²) in [5, 5.41) is 0. The van der Waals surface area contributed by atoms with Gasteiger partial charge in [0, 0.05) is 11.0 Å². The first-order chi connectivity index (χ1) is 7.24. The van der Waals surface area contributed by atoms with Crippen LogP contribution in [0.5, 0.6) is 0 Å². The number of halogens is 1. The van der Waals surface area contributed by atoms with E-state index >= 15 is 0 Å². The fourth-order valence-corrected chi connectivity index (χ4v) is 2.58. The van der Waals surface area contributed by atoms with Gasteiger partial charge in [-0.15, -0.1) is 0 Å². The Balaban J connectivity index is 2.14. The van der Waals surface area contributed by atoms with Crippen LogP contribution in [0.1, 0.15) is 18.4 Å². The molecule has 1 heterocycles. The van der Waals surface area contributed by atoms with E-state index < -0.39 is 0 Å². The zero-order valence-electron chi connectivity index (χ0n) is 8.70. The average molecular weight is 265 g/mol. The van der Waals surface area contributed by atoms with Gasteiger partial charge in [0.2, 0.25) is 0 Å². The van der Waals surface area contributed by atoms with Crippen molar-refractivity contribution in [3.8, 4) is 0 Å². The largest absolute Gasteiger partial charge is 0.330 e. The Bertz CT molecular complexity index is 512. The van der Waals surface area contributed by atoms with Crippen LogP contribution in [0.15, 0.2) is 22.9 Å². The van der Waals surface area contributed by atoms with Crippen molar-refractivity contribution in [3.63, 3.8) is 0 Å². The molecule has 0 amide bonds. The molecular weight excluding hydrogens is 252 g/mol. The van der Waals surface area contributed by atoms with E-state index in [1.165, 1.54) is 23.9 Å². The van der Waals surface area contributed by atoms with Gasteiger partial charge in [0.15, 0.2) is 0 Å². The van der Waals surface area contributed by atoms with Gasteiger partial charge in [-0.05, 0) is 43.4 Å². The summed E-state index contributed by atoms with van der Waals surface area (Å²) in [5.74, 6) is 0.890. The standard InChI is InChI=1S/C12H13BrN2/c1-8-4-10(13)5-11-12(8)14-7-15(11)6-9-2-3-9/h4-5,7,9H,2-3,6H2,1H3. The Morgan fingerprint density at radius 1 is 1.47 bits per heavy atom. The summed E-state index contributed by atoms with van der Waals surface area (Å²) in [6, 6.07) is 4.29. The summed E-state index contributed by atoms with van der Waals surface area (Å²) in [6.07, 6.45) is 4.74. The van der Waals surface area contributed by atoms with Crippen LogP contribution in [0.2, 0.25) is 0 Å². The lowest BCUT2D eigenvalue weighted by Crippen LogP contribution is -1.97. The van der Waals surface area contributed by atoms with Crippen LogP contribution in [0, 0.1) is 12.8 Å². The topological polar surface area (TPSA) is 17.8 Å². The molecule has 1 aliphatic rings. The molecule has 78 valence electrons. The summed E-state index contributed by atoms with van der Waals surface area (Å²) < 4.78 is 3.43. The molecule has 0 N–H and O–H groups in total. The van der Waals surface area contributed by atoms with Gasteiger partial charge in [-0.1, -0.05) is 15.9 Å². The molecule has 0 saturated heterocycles. The van der Waals surface area contributed by atoms with Crippen molar-refractivity contribution in [2.24, 2.45) is 5.92 Å². The molecule has 3 heteroatoms. The SMILES string of the molecule is Cc1cc(Br)cc2c1ncn2CC1CC1. The van der Waals surface area contributed by atoms with Gasteiger partial charge in [0.1, 0.15) is 0 Å². The Morgan fingerprint density at radius 2 is 2.27 bits per heavy atom. The third-order valence-electron chi connectivity index (χ3n) is 3.03. The first-order valence-corrected chi connectivity index (χ1v) is 6.14. The molecule has 2 aromatic rings. The van der Waals surface area contributed by atoms with E-state index in [0.717, 1.165) is 22.5 Å². The lowest BCUT2D eigenvalue weighted by Gasteiger charge is -2.03. The molecule has 1 aromatic heterocycles. The van der Waals surface area contributed by atoms with Crippen LogP contribution in [-0.2, 0) is 6.54 Å². The maximum Gasteiger partial charge on any atom is 0.0958 e. The summed E-state index contributed by atoms with van der Waals surface area (Å²) in [6.45, 7) is 3.24. The van der Waals surface area contributed by atoms with E-state index in [0.29, 0.717) is 0 Å². The van der Waals surface area contributed by atoms with Crippen molar-refractivity contribution < 1.29 is 0 Å². The quantitative estimate of drug-likeness (QED) is 0.812. The maximum absolute atomic E-state index is 4.48. The van der Waals surface area contributed by atoms with Crippen LogP contribution in [-0.4, -0.2) is 9.55 Å². The molecule has 0 spiro atoms. The molecule has 0 radical (unpaired) electrons. The van der Waals surface area contributed by atoms with Crippen molar-refractivity contribution in [2.75, 3.05) is 0 Å². The number of rotatable bonds is 2. The highest BCUT2D eigenvalue weighted by molar-refractivity contribution is 9.10. The highest BCUT2D eigenvalue weighted by Gasteiger charge is 2.22.